The fourth-order valence-corrected chi connectivity index (χ4v) is 5.56. The Morgan fingerprint density at radius 2 is 1.66 bits per heavy atom. The molecule has 0 aliphatic carbocycles. The average molecular weight is 459 g/mol. The molecule has 1 unspecified atom stereocenters. The van der Waals surface area contributed by atoms with Crippen LogP contribution in [0, 0.1) is 18.8 Å². The first-order valence-electron chi connectivity index (χ1n) is 11.2. The van der Waals surface area contributed by atoms with Gasteiger partial charge in [0.25, 0.3) is 0 Å². The predicted molar refractivity (Wildman–Crippen MR) is 126 cm³/mol. The predicted octanol–water partition coefficient (Wildman–Crippen LogP) is 4.31. The molecule has 1 amide bonds. The second-order valence-electron chi connectivity index (χ2n) is 8.96. The first kappa shape index (κ1) is 24.3. The molecule has 0 radical (unpaired) electrons. The van der Waals surface area contributed by atoms with Gasteiger partial charge in [-0.05, 0) is 61.9 Å². The quantitative estimate of drug-likeness (QED) is 0.640. The summed E-state index contributed by atoms with van der Waals surface area (Å²) in [6, 6.07) is 14.6. The Morgan fingerprint density at radius 1 is 1.06 bits per heavy atom. The number of methoxy groups -OCH3 is 1. The van der Waals surface area contributed by atoms with Crippen LogP contribution in [-0.2, 0) is 14.8 Å². The number of hydrogen-bond donors (Lipinski definition) is 1. The van der Waals surface area contributed by atoms with Gasteiger partial charge in [-0.3, -0.25) is 4.79 Å². The number of hydrogen-bond acceptors (Lipinski definition) is 4. The van der Waals surface area contributed by atoms with Gasteiger partial charge in [0, 0.05) is 19.0 Å². The van der Waals surface area contributed by atoms with Crippen molar-refractivity contribution < 1.29 is 17.9 Å². The SMILES string of the molecule is COc1ccc(C(CC(C)C)NC(=O)C2CCN(S(=O)(=O)c3ccc(C)cc3)CC2)cc1. The van der Waals surface area contributed by atoms with E-state index in [-0.39, 0.29) is 17.9 Å². The molecule has 1 atom stereocenters. The van der Waals surface area contributed by atoms with E-state index in [1.54, 1.807) is 31.4 Å². The largest absolute Gasteiger partial charge is 0.497 e. The minimum Gasteiger partial charge on any atom is -0.497 e. The maximum absolute atomic E-state index is 13.0. The molecule has 0 spiro atoms. The van der Waals surface area contributed by atoms with Crippen molar-refractivity contribution in [3.63, 3.8) is 0 Å². The number of sulfonamides is 1. The molecule has 174 valence electrons. The van der Waals surface area contributed by atoms with Gasteiger partial charge in [0.15, 0.2) is 0 Å². The Bertz CT molecular complexity index is 993. The van der Waals surface area contributed by atoms with Crippen molar-refractivity contribution in [3.05, 3.63) is 59.7 Å². The molecular weight excluding hydrogens is 424 g/mol. The van der Waals surface area contributed by atoms with Crippen LogP contribution in [0.3, 0.4) is 0 Å². The van der Waals surface area contributed by atoms with Gasteiger partial charge in [-0.15, -0.1) is 0 Å². The maximum Gasteiger partial charge on any atom is 0.243 e. The number of carbonyl (C=O) groups excluding carboxylic acids is 1. The fraction of sp³-hybridized carbons (Fsp3) is 0.480. The number of nitrogens with zero attached hydrogens (tertiary/aromatic N) is 1. The number of carbonyl (C=O) groups is 1. The molecule has 3 rings (SSSR count). The van der Waals surface area contributed by atoms with Gasteiger partial charge in [-0.2, -0.15) is 4.31 Å². The van der Waals surface area contributed by atoms with Crippen LogP contribution in [-0.4, -0.2) is 38.8 Å². The molecule has 0 saturated carbocycles. The minimum absolute atomic E-state index is 0.00106. The average Bonchev–Trinajstić information content (AvgIpc) is 2.78. The molecular formula is C25H34N2O4S. The van der Waals surface area contributed by atoms with Gasteiger partial charge in [-0.25, -0.2) is 8.42 Å². The number of amides is 1. The fourth-order valence-electron chi connectivity index (χ4n) is 4.09. The lowest BCUT2D eigenvalue weighted by Gasteiger charge is -2.32. The number of piperidine rings is 1. The highest BCUT2D eigenvalue weighted by Crippen LogP contribution is 2.27. The molecule has 2 aromatic rings. The molecule has 1 N–H and O–H groups in total. The van der Waals surface area contributed by atoms with Crippen LogP contribution in [0.4, 0.5) is 0 Å². The first-order chi connectivity index (χ1) is 15.2. The number of benzene rings is 2. The second-order valence-corrected chi connectivity index (χ2v) is 10.9. The molecule has 1 aliphatic heterocycles. The van der Waals surface area contributed by atoms with Crippen LogP contribution >= 0.6 is 0 Å². The Balaban J connectivity index is 1.63. The first-order valence-corrected chi connectivity index (χ1v) is 12.7. The summed E-state index contributed by atoms with van der Waals surface area (Å²) in [5.41, 5.74) is 2.07. The third-order valence-electron chi connectivity index (χ3n) is 6.03. The molecule has 1 saturated heterocycles. The summed E-state index contributed by atoms with van der Waals surface area (Å²) >= 11 is 0. The Hall–Kier alpha value is -2.38. The van der Waals surface area contributed by atoms with E-state index in [1.165, 1.54) is 4.31 Å². The normalized spacial score (nSPS) is 16.7. The number of rotatable bonds is 8. The van der Waals surface area contributed by atoms with Gasteiger partial charge in [0.1, 0.15) is 5.75 Å². The van der Waals surface area contributed by atoms with Gasteiger partial charge < -0.3 is 10.1 Å². The smallest absolute Gasteiger partial charge is 0.243 e. The van der Waals surface area contributed by atoms with Crippen LogP contribution in [0.5, 0.6) is 5.75 Å². The molecule has 1 fully saturated rings. The molecule has 2 aromatic carbocycles. The highest BCUT2D eigenvalue weighted by Gasteiger charge is 2.33. The third kappa shape index (κ3) is 5.90. The van der Waals surface area contributed by atoms with Crippen molar-refractivity contribution in [3.8, 4) is 5.75 Å². The van der Waals surface area contributed by atoms with E-state index in [2.05, 4.69) is 19.2 Å². The van der Waals surface area contributed by atoms with Crippen molar-refractivity contribution >= 4 is 15.9 Å². The zero-order valence-corrected chi connectivity index (χ0v) is 20.2. The van der Waals surface area contributed by atoms with Crippen molar-refractivity contribution in [2.75, 3.05) is 20.2 Å². The number of aryl methyl sites for hydroxylation is 1. The zero-order valence-electron chi connectivity index (χ0n) is 19.4. The van der Waals surface area contributed by atoms with E-state index < -0.39 is 10.0 Å². The molecule has 7 heteroatoms. The lowest BCUT2D eigenvalue weighted by molar-refractivity contribution is -0.127. The highest BCUT2D eigenvalue weighted by atomic mass is 32.2. The van der Waals surface area contributed by atoms with E-state index in [0.717, 1.165) is 23.3 Å². The number of ether oxygens (including phenoxy) is 1. The van der Waals surface area contributed by atoms with Crippen molar-refractivity contribution in [2.45, 2.75) is 51.0 Å². The van der Waals surface area contributed by atoms with Crippen LogP contribution in [0.15, 0.2) is 53.4 Å². The molecule has 0 aromatic heterocycles. The molecule has 1 aliphatic rings. The highest BCUT2D eigenvalue weighted by molar-refractivity contribution is 7.89. The van der Waals surface area contributed by atoms with Crippen LogP contribution in [0.2, 0.25) is 0 Å². The summed E-state index contributed by atoms with van der Waals surface area (Å²) in [6.07, 6.45) is 1.88. The molecule has 32 heavy (non-hydrogen) atoms. The lowest BCUT2D eigenvalue weighted by Crippen LogP contribution is -2.43. The van der Waals surface area contributed by atoms with Crippen LogP contribution in [0.25, 0.3) is 0 Å². The van der Waals surface area contributed by atoms with Gasteiger partial charge in [0.05, 0.1) is 18.0 Å². The third-order valence-corrected chi connectivity index (χ3v) is 7.94. The summed E-state index contributed by atoms with van der Waals surface area (Å²) in [6.45, 7) is 6.91. The van der Waals surface area contributed by atoms with Gasteiger partial charge >= 0.3 is 0 Å². The van der Waals surface area contributed by atoms with Gasteiger partial charge in [-0.1, -0.05) is 43.7 Å². The standard InChI is InChI=1S/C25H34N2O4S/c1-18(2)17-24(20-7-9-22(31-4)10-8-20)26-25(28)21-13-15-27(16-14-21)32(29,30)23-11-5-19(3)6-12-23/h5-12,18,21,24H,13-17H2,1-4H3,(H,26,28). The van der Waals surface area contributed by atoms with Gasteiger partial charge in [0.2, 0.25) is 15.9 Å². The summed E-state index contributed by atoms with van der Waals surface area (Å²) in [7, 11) is -1.89. The van der Waals surface area contributed by atoms with E-state index >= 15 is 0 Å². The van der Waals surface area contributed by atoms with E-state index in [1.807, 2.05) is 31.2 Å². The Morgan fingerprint density at radius 3 is 2.19 bits per heavy atom. The second kappa shape index (κ2) is 10.5. The Kier molecular flexibility index (Phi) is 7.96. The van der Waals surface area contributed by atoms with Crippen molar-refractivity contribution in [1.82, 2.24) is 9.62 Å². The lowest BCUT2D eigenvalue weighted by atomic mass is 9.93. The van der Waals surface area contributed by atoms with E-state index in [0.29, 0.717) is 36.7 Å². The zero-order chi connectivity index (χ0) is 23.3. The minimum atomic E-state index is -3.53. The monoisotopic (exact) mass is 458 g/mol. The Labute approximate surface area is 192 Å². The van der Waals surface area contributed by atoms with Crippen molar-refractivity contribution in [2.24, 2.45) is 11.8 Å². The van der Waals surface area contributed by atoms with Crippen LogP contribution in [0.1, 0.15) is 50.3 Å². The summed E-state index contributed by atoms with van der Waals surface area (Å²) < 4.78 is 32.6. The number of nitrogens with one attached hydrogen (secondary N) is 1. The summed E-state index contributed by atoms with van der Waals surface area (Å²) in [5, 5.41) is 3.22. The molecule has 0 bridgehead atoms. The summed E-state index contributed by atoms with van der Waals surface area (Å²) in [4.78, 5) is 13.4. The van der Waals surface area contributed by atoms with E-state index in [4.69, 9.17) is 4.74 Å². The summed E-state index contributed by atoms with van der Waals surface area (Å²) in [5.74, 6) is 1.01. The molecule has 6 nitrogen and oxygen atoms in total. The topological polar surface area (TPSA) is 75.7 Å². The maximum atomic E-state index is 13.0. The molecule has 1 heterocycles. The van der Waals surface area contributed by atoms with Crippen molar-refractivity contribution in [1.29, 1.82) is 0 Å². The van der Waals surface area contributed by atoms with Crippen LogP contribution < -0.4 is 10.1 Å². The van der Waals surface area contributed by atoms with E-state index in [9.17, 15) is 13.2 Å².